The number of aliphatic hydroxyl groups is 1. The van der Waals surface area contributed by atoms with E-state index in [0.29, 0.717) is 11.6 Å². The van der Waals surface area contributed by atoms with E-state index >= 15 is 0 Å². The van der Waals surface area contributed by atoms with Crippen molar-refractivity contribution in [2.75, 3.05) is 13.1 Å². The van der Waals surface area contributed by atoms with Crippen LogP contribution < -0.4 is 5.32 Å². The molecule has 2 nitrogen and oxygen atoms in total. The molecule has 0 aliphatic carbocycles. The normalized spacial score (nSPS) is 15.7. The molecule has 0 bridgehead atoms. The first-order valence-corrected chi connectivity index (χ1v) is 5.50. The molecule has 1 unspecified atom stereocenters. The van der Waals surface area contributed by atoms with Crippen molar-refractivity contribution >= 4 is 22.9 Å². The minimum Gasteiger partial charge on any atom is -0.383 e. The van der Waals surface area contributed by atoms with Gasteiger partial charge >= 0.3 is 0 Å². The van der Waals surface area contributed by atoms with Crippen LogP contribution in [0.1, 0.15) is 18.7 Å². The highest BCUT2D eigenvalue weighted by Gasteiger charge is 2.26. The van der Waals surface area contributed by atoms with Crippen LogP contribution in [0.3, 0.4) is 0 Å². The van der Waals surface area contributed by atoms with Crippen LogP contribution in [0.5, 0.6) is 0 Å². The van der Waals surface area contributed by atoms with Gasteiger partial charge in [0.15, 0.2) is 0 Å². The van der Waals surface area contributed by atoms with Gasteiger partial charge in [0.05, 0.1) is 9.90 Å². The van der Waals surface area contributed by atoms with Gasteiger partial charge in [0.2, 0.25) is 0 Å². The van der Waals surface area contributed by atoms with Crippen molar-refractivity contribution in [3.05, 3.63) is 21.3 Å². The SMILES string of the molecule is CCNCC(C)(O)c1sccc1Cl. The van der Waals surface area contributed by atoms with Gasteiger partial charge in [-0.3, -0.25) is 0 Å². The van der Waals surface area contributed by atoms with E-state index in [9.17, 15) is 5.11 Å². The molecule has 1 atom stereocenters. The summed E-state index contributed by atoms with van der Waals surface area (Å²) in [7, 11) is 0. The largest absolute Gasteiger partial charge is 0.383 e. The number of hydrogen-bond donors (Lipinski definition) is 2. The second-order valence-corrected chi connectivity index (χ2v) is 4.48. The zero-order valence-corrected chi connectivity index (χ0v) is 9.37. The van der Waals surface area contributed by atoms with Crippen molar-refractivity contribution in [3.8, 4) is 0 Å². The third-order valence-corrected chi connectivity index (χ3v) is 3.42. The monoisotopic (exact) mass is 219 g/mol. The minimum absolute atomic E-state index is 0.531. The number of thiophene rings is 1. The number of hydrogen-bond acceptors (Lipinski definition) is 3. The van der Waals surface area contributed by atoms with Crippen LogP contribution in [-0.4, -0.2) is 18.2 Å². The highest BCUT2D eigenvalue weighted by atomic mass is 35.5. The van der Waals surface area contributed by atoms with Crippen molar-refractivity contribution < 1.29 is 5.11 Å². The lowest BCUT2D eigenvalue weighted by molar-refractivity contribution is 0.0615. The Bertz CT molecular complexity index is 272. The van der Waals surface area contributed by atoms with Gasteiger partial charge in [0, 0.05) is 6.54 Å². The van der Waals surface area contributed by atoms with E-state index in [4.69, 9.17) is 11.6 Å². The standard InChI is InChI=1S/C9H14ClNOS/c1-3-11-6-9(2,12)8-7(10)4-5-13-8/h4-5,11-12H,3,6H2,1-2H3. The van der Waals surface area contributed by atoms with Gasteiger partial charge in [-0.1, -0.05) is 18.5 Å². The molecule has 13 heavy (non-hydrogen) atoms. The molecule has 4 heteroatoms. The fourth-order valence-electron chi connectivity index (χ4n) is 1.13. The summed E-state index contributed by atoms with van der Waals surface area (Å²) in [4.78, 5) is 0.829. The Morgan fingerprint density at radius 3 is 2.85 bits per heavy atom. The Labute approximate surface area is 87.5 Å². The molecule has 1 aromatic heterocycles. The Balaban J connectivity index is 2.74. The zero-order valence-electron chi connectivity index (χ0n) is 7.80. The molecule has 2 N–H and O–H groups in total. The molecule has 1 rings (SSSR count). The number of rotatable bonds is 4. The van der Waals surface area contributed by atoms with Crippen LogP contribution >= 0.6 is 22.9 Å². The average molecular weight is 220 g/mol. The van der Waals surface area contributed by atoms with Crippen LogP contribution in [0.15, 0.2) is 11.4 Å². The van der Waals surface area contributed by atoms with E-state index in [1.165, 1.54) is 11.3 Å². The molecule has 0 amide bonds. The number of nitrogens with one attached hydrogen (secondary N) is 1. The minimum atomic E-state index is -0.860. The van der Waals surface area contributed by atoms with Gasteiger partial charge in [-0.25, -0.2) is 0 Å². The van der Waals surface area contributed by atoms with Crippen molar-refractivity contribution in [1.29, 1.82) is 0 Å². The van der Waals surface area contributed by atoms with Gasteiger partial charge in [-0.15, -0.1) is 11.3 Å². The van der Waals surface area contributed by atoms with Crippen molar-refractivity contribution in [2.24, 2.45) is 0 Å². The maximum Gasteiger partial charge on any atom is 0.110 e. The van der Waals surface area contributed by atoms with Crippen LogP contribution in [-0.2, 0) is 5.60 Å². The molecule has 0 fully saturated rings. The number of halogens is 1. The molecule has 0 aliphatic heterocycles. The van der Waals surface area contributed by atoms with Crippen molar-refractivity contribution in [2.45, 2.75) is 19.4 Å². The van der Waals surface area contributed by atoms with Crippen molar-refractivity contribution in [3.63, 3.8) is 0 Å². The first kappa shape index (κ1) is 11.0. The molecular weight excluding hydrogens is 206 g/mol. The van der Waals surface area contributed by atoms with E-state index in [0.717, 1.165) is 11.4 Å². The van der Waals surface area contributed by atoms with Gasteiger partial charge < -0.3 is 10.4 Å². The summed E-state index contributed by atoms with van der Waals surface area (Å²) >= 11 is 7.41. The first-order valence-electron chi connectivity index (χ1n) is 4.24. The maximum atomic E-state index is 10.1. The average Bonchev–Trinajstić information content (AvgIpc) is 2.48. The second kappa shape index (κ2) is 4.42. The quantitative estimate of drug-likeness (QED) is 0.814. The van der Waals surface area contributed by atoms with E-state index < -0.39 is 5.60 Å². The highest BCUT2D eigenvalue weighted by molar-refractivity contribution is 7.10. The highest BCUT2D eigenvalue weighted by Crippen LogP contribution is 2.32. The summed E-state index contributed by atoms with van der Waals surface area (Å²) in [5.74, 6) is 0. The summed E-state index contributed by atoms with van der Waals surface area (Å²) in [5.41, 5.74) is -0.860. The topological polar surface area (TPSA) is 32.3 Å². The zero-order chi connectivity index (χ0) is 9.90. The van der Waals surface area contributed by atoms with Crippen LogP contribution in [0.4, 0.5) is 0 Å². The molecule has 0 spiro atoms. The lowest BCUT2D eigenvalue weighted by Crippen LogP contribution is -2.34. The Hall–Kier alpha value is -0.0900. The molecule has 0 saturated carbocycles. The maximum absolute atomic E-state index is 10.1. The molecule has 0 aliphatic rings. The Kier molecular flexibility index (Phi) is 3.74. The molecule has 0 saturated heterocycles. The smallest absolute Gasteiger partial charge is 0.110 e. The molecule has 1 aromatic rings. The van der Waals surface area contributed by atoms with E-state index in [1.807, 2.05) is 18.4 Å². The lowest BCUT2D eigenvalue weighted by Gasteiger charge is -2.22. The van der Waals surface area contributed by atoms with E-state index in [1.54, 1.807) is 6.92 Å². The fourth-order valence-corrected chi connectivity index (χ4v) is 2.45. The first-order chi connectivity index (χ1) is 6.08. The third-order valence-electron chi connectivity index (χ3n) is 1.83. The fraction of sp³-hybridized carbons (Fsp3) is 0.556. The molecule has 0 radical (unpaired) electrons. The van der Waals surface area contributed by atoms with Crippen molar-refractivity contribution in [1.82, 2.24) is 5.32 Å². The van der Waals surface area contributed by atoms with Gasteiger partial charge in [-0.2, -0.15) is 0 Å². The second-order valence-electron chi connectivity index (χ2n) is 3.15. The summed E-state index contributed by atoms with van der Waals surface area (Å²) in [6.07, 6.45) is 0. The van der Waals surface area contributed by atoms with Gasteiger partial charge in [-0.05, 0) is 24.9 Å². The summed E-state index contributed by atoms with van der Waals surface area (Å²) in [5, 5.41) is 15.7. The number of likely N-dealkylation sites (N-methyl/N-ethyl adjacent to an activating group) is 1. The molecule has 1 heterocycles. The van der Waals surface area contributed by atoms with E-state index in [2.05, 4.69) is 5.32 Å². The van der Waals surface area contributed by atoms with Gasteiger partial charge in [0.1, 0.15) is 5.60 Å². The van der Waals surface area contributed by atoms with Crippen LogP contribution in [0.2, 0.25) is 5.02 Å². The Morgan fingerprint density at radius 2 is 2.38 bits per heavy atom. The predicted molar refractivity (Wildman–Crippen MR) is 57.4 cm³/mol. The summed E-state index contributed by atoms with van der Waals surface area (Å²) in [6, 6.07) is 1.81. The van der Waals surface area contributed by atoms with E-state index in [-0.39, 0.29) is 0 Å². The molecule has 0 aromatic carbocycles. The molecular formula is C9H14ClNOS. The van der Waals surface area contributed by atoms with Gasteiger partial charge in [0.25, 0.3) is 0 Å². The predicted octanol–water partition coefficient (Wildman–Crippen LogP) is 2.22. The van der Waals surface area contributed by atoms with Crippen LogP contribution in [0, 0.1) is 0 Å². The summed E-state index contributed by atoms with van der Waals surface area (Å²) in [6.45, 7) is 5.16. The third kappa shape index (κ3) is 2.68. The van der Waals surface area contributed by atoms with Crippen LogP contribution in [0.25, 0.3) is 0 Å². The molecule has 74 valence electrons. The Morgan fingerprint density at radius 1 is 1.69 bits per heavy atom. The summed E-state index contributed by atoms with van der Waals surface area (Å²) < 4.78 is 0. The lowest BCUT2D eigenvalue weighted by atomic mass is 10.1.